The molecule has 6 nitrogen and oxygen atoms in total. The van der Waals surface area contributed by atoms with Crippen LogP contribution in [0.5, 0.6) is 0 Å². The van der Waals surface area contributed by atoms with Gasteiger partial charge in [-0.15, -0.1) is 0 Å². The van der Waals surface area contributed by atoms with Crippen molar-refractivity contribution < 1.29 is 23.9 Å². The van der Waals surface area contributed by atoms with Gasteiger partial charge in [0.15, 0.2) is 0 Å². The molecule has 0 unspecified atom stereocenters. The normalized spacial score (nSPS) is 18.1. The molecule has 2 aliphatic heterocycles. The number of hydrogen-bond donors (Lipinski definition) is 0. The van der Waals surface area contributed by atoms with Gasteiger partial charge in [0.1, 0.15) is 0 Å². The predicted molar refractivity (Wildman–Crippen MR) is 100 cm³/mol. The molecule has 0 aromatic heterocycles. The second-order valence-corrected chi connectivity index (χ2v) is 7.52. The van der Waals surface area contributed by atoms with Gasteiger partial charge in [0, 0.05) is 17.6 Å². The van der Waals surface area contributed by atoms with Gasteiger partial charge in [-0.05, 0) is 36.5 Å². The average Bonchev–Trinajstić information content (AvgIpc) is 2.92. The summed E-state index contributed by atoms with van der Waals surface area (Å²) >= 11 is 0. The van der Waals surface area contributed by atoms with Gasteiger partial charge in [-0.3, -0.25) is 14.4 Å². The maximum Gasteiger partial charge on any atom is 0.310 e. The van der Waals surface area contributed by atoms with Crippen LogP contribution in [0, 0.1) is 11.3 Å². The molecule has 2 amide bonds. The highest BCUT2D eigenvalue weighted by Crippen LogP contribution is 2.39. The Bertz CT molecular complexity index is 728. The Kier molecular flexibility index (Phi) is 5.75. The van der Waals surface area contributed by atoms with Crippen LogP contribution < -0.4 is 4.90 Å². The van der Waals surface area contributed by atoms with Crippen LogP contribution in [0.4, 0.5) is 5.69 Å². The summed E-state index contributed by atoms with van der Waals surface area (Å²) in [7, 11) is 0. The minimum absolute atomic E-state index is 0.166. The van der Waals surface area contributed by atoms with Crippen molar-refractivity contribution in [3.63, 3.8) is 0 Å². The molecular formula is C21H25NO5. The van der Waals surface area contributed by atoms with Crippen LogP contribution >= 0.6 is 0 Å². The lowest BCUT2D eigenvalue weighted by Crippen LogP contribution is -2.46. The van der Waals surface area contributed by atoms with Gasteiger partial charge in [-0.2, -0.15) is 0 Å². The number of rotatable bonds is 8. The average molecular weight is 371 g/mol. The van der Waals surface area contributed by atoms with E-state index in [0.29, 0.717) is 18.2 Å². The highest BCUT2D eigenvalue weighted by molar-refractivity contribution is 6.28. The van der Waals surface area contributed by atoms with Crippen LogP contribution in [0.3, 0.4) is 0 Å². The van der Waals surface area contributed by atoms with Crippen molar-refractivity contribution in [2.45, 2.75) is 33.1 Å². The molecule has 0 atom stereocenters. The Morgan fingerprint density at radius 1 is 1.15 bits per heavy atom. The maximum atomic E-state index is 12.0. The Balaban J connectivity index is 1.43. The summed E-state index contributed by atoms with van der Waals surface area (Å²) in [5.74, 6) is -0.433. The van der Waals surface area contributed by atoms with E-state index >= 15 is 0 Å². The van der Waals surface area contributed by atoms with E-state index < -0.39 is 0 Å². The summed E-state index contributed by atoms with van der Waals surface area (Å²) in [5.41, 5.74) is 1.51. The van der Waals surface area contributed by atoms with E-state index in [9.17, 15) is 14.4 Å². The van der Waals surface area contributed by atoms with E-state index in [2.05, 4.69) is 13.8 Å². The van der Waals surface area contributed by atoms with Crippen LogP contribution in [0.2, 0.25) is 0 Å². The quantitative estimate of drug-likeness (QED) is 0.399. The Hall–Kier alpha value is -2.47. The Morgan fingerprint density at radius 3 is 2.30 bits per heavy atom. The van der Waals surface area contributed by atoms with Crippen LogP contribution in [0.25, 0.3) is 0 Å². The molecule has 0 aliphatic carbocycles. The van der Waals surface area contributed by atoms with Crippen molar-refractivity contribution in [1.29, 1.82) is 0 Å². The molecule has 27 heavy (non-hydrogen) atoms. The van der Waals surface area contributed by atoms with Crippen molar-refractivity contribution in [3.8, 4) is 0 Å². The van der Waals surface area contributed by atoms with Crippen LogP contribution in [0.1, 0.15) is 32.3 Å². The molecule has 0 bridgehead atoms. The first-order chi connectivity index (χ1) is 12.9. The van der Waals surface area contributed by atoms with Gasteiger partial charge in [0.05, 0.1) is 31.9 Å². The van der Waals surface area contributed by atoms with Crippen LogP contribution in [0.15, 0.2) is 36.4 Å². The molecule has 144 valence electrons. The first-order valence-corrected chi connectivity index (χ1v) is 9.30. The summed E-state index contributed by atoms with van der Waals surface area (Å²) in [6, 6.07) is 6.78. The number of nitrogens with zero attached hydrogens (tertiary/aromatic N) is 1. The number of hydrogen-bond acceptors (Lipinski definition) is 5. The second kappa shape index (κ2) is 8.05. The van der Waals surface area contributed by atoms with E-state index in [4.69, 9.17) is 9.47 Å². The van der Waals surface area contributed by atoms with Crippen molar-refractivity contribution in [2.75, 3.05) is 24.7 Å². The van der Waals surface area contributed by atoms with E-state index in [1.165, 1.54) is 12.2 Å². The molecule has 1 fully saturated rings. The molecule has 6 heteroatoms. The topological polar surface area (TPSA) is 72.9 Å². The van der Waals surface area contributed by atoms with Gasteiger partial charge >= 0.3 is 5.97 Å². The van der Waals surface area contributed by atoms with Crippen LogP contribution in [-0.4, -0.2) is 37.6 Å². The van der Waals surface area contributed by atoms with E-state index in [-0.39, 0.29) is 29.6 Å². The summed E-state index contributed by atoms with van der Waals surface area (Å²) < 4.78 is 10.7. The number of carbonyl (C=O) groups is 3. The zero-order valence-electron chi connectivity index (χ0n) is 15.8. The first kappa shape index (κ1) is 19.3. The Labute approximate surface area is 159 Å². The van der Waals surface area contributed by atoms with E-state index in [1.807, 2.05) is 0 Å². The van der Waals surface area contributed by atoms with Crippen molar-refractivity contribution in [2.24, 2.45) is 11.3 Å². The van der Waals surface area contributed by atoms with Gasteiger partial charge < -0.3 is 9.47 Å². The predicted octanol–water partition coefficient (Wildman–Crippen LogP) is 2.65. The SMILES string of the molecule is CC(C)C1(CCCOC(=O)Cc2ccc(N3C(=O)C=CC3=O)cc2)COC1. The number of ether oxygens (including phenoxy) is 2. The van der Waals surface area contributed by atoms with Crippen molar-refractivity contribution >= 4 is 23.5 Å². The zero-order chi connectivity index (χ0) is 19.4. The third kappa shape index (κ3) is 4.27. The summed E-state index contributed by atoms with van der Waals surface area (Å²) in [5, 5.41) is 0. The zero-order valence-corrected chi connectivity index (χ0v) is 15.8. The smallest absolute Gasteiger partial charge is 0.310 e. The number of amides is 2. The number of benzene rings is 1. The standard InChI is InChI=1S/C21H25NO5/c1-15(2)21(13-26-14-21)10-3-11-27-20(25)12-16-4-6-17(7-5-16)22-18(23)8-9-19(22)24/h4-9,15H,3,10-14H2,1-2H3. The van der Waals surface area contributed by atoms with E-state index in [1.54, 1.807) is 24.3 Å². The van der Waals surface area contributed by atoms with E-state index in [0.717, 1.165) is 36.5 Å². The molecule has 1 aromatic carbocycles. The second-order valence-electron chi connectivity index (χ2n) is 7.52. The van der Waals surface area contributed by atoms with Crippen molar-refractivity contribution in [1.82, 2.24) is 0 Å². The largest absolute Gasteiger partial charge is 0.465 e. The third-order valence-electron chi connectivity index (χ3n) is 5.44. The van der Waals surface area contributed by atoms with Gasteiger partial charge in [0.25, 0.3) is 11.8 Å². The van der Waals surface area contributed by atoms with Crippen molar-refractivity contribution in [3.05, 3.63) is 42.0 Å². The fourth-order valence-corrected chi connectivity index (χ4v) is 3.38. The summed E-state index contributed by atoms with van der Waals surface area (Å²) in [6.07, 6.45) is 4.48. The molecule has 0 radical (unpaired) electrons. The van der Waals surface area contributed by atoms with Gasteiger partial charge in [0.2, 0.25) is 0 Å². The summed E-state index contributed by atoms with van der Waals surface area (Å²) in [6.45, 7) is 6.41. The highest BCUT2D eigenvalue weighted by Gasteiger charge is 2.40. The highest BCUT2D eigenvalue weighted by atomic mass is 16.5. The Morgan fingerprint density at radius 2 is 1.78 bits per heavy atom. The molecule has 0 N–H and O–H groups in total. The minimum atomic E-state index is -0.358. The summed E-state index contributed by atoms with van der Waals surface area (Å²) in [4.78, 5) is 36.5. The molecule has 2 heterocycles. The molecule has 2 aliphatic rings. The van der Waals surface area contributed by atoms with Crippen LogP contribution in [-0.2, 0) is 30.3 Å². The lowest BCUT2D eigenvalue weighted by Gasteiger charge is -2.45. The maximum absolute atomic E-state index is 12.0. The molecule has 3 rings (SSSR count). The first-order valence-electron chi connectivity index (χ1n) is 9.30. The molecule has 0 saturated carbocycles. The monoisotopic (exact) mass is 371 g/mol. The third-order valence-corrected chi connectivity index (χ3v) is 5.44. The lowest BCUT2D eigenvalue weighted by molar-refractivity contribution is -0.150. The van der Waals surface area contributed by atoms with Gasteiger partial charge in [-0.1, -0.05) is 26.0 Å². The fraction of sp³-hybridized carbons (Fsp3) is 0.476. The fourth-order valence-electron chi connectivity index (χ4n) is 3.38. The minimum Gasteiger partial charge on any atom is -0.465 e. The number of esters is 1. The molecular weight excluding hydrogens is 346 g/mol. The molecule has 1 saturated heterocycles. The lowest BCUT2D eigenvalue weighted by atomic mass is 9.72. The number of carbonyl (C=O) groups excluding carboxylic acids is 3. The number of anilines is 1. The van der Waals surface area contributed by atoms with Gasteiger partial charge in [-0.25, -0.2) is 4.90 Å². The number of imide groups is 1. The molecule has 1 aromatic rings. The molecule has 0 spiro atoms.